The van der Waals surface area contributed by atoms with E-state index in [9.17, 15) is 10.1 Å². The van der Waals surface area contributed by atoms with Crippen LogP contribution in [0, 0.1) is 10.1 Å². The smallest absolute Gasteiger partial charge is 0.258 e. The van der Waals surface area contributed by atoms with Crippen LogP contribution in [-0.4, -0.2) is 9.91 Å². The van der Waals surface area contributed by atoms with Gasteiger partial charge in [-0.05, 0) is 55.1 Å². The van der Waals surface area contributed by atoms with E-state index in [1.165, 1.54) is 12.1 Å². The van der Waals surface area contributed by atoms with Crippen LogP contribution in [0.15, 0.2) is 45.6 Å². The summed E-state index contributed by atoms with van der Waals surface area (Å²) in [6.07, 6.45) is 0. The number of benzene rings is 1. The molecule has 0 saturated heterocycles. The molecule has 86 valence electrons. The van der Waals surface area contributed by atoms with Crippen molar-refractivity contribution < 1.29 is 4.92 Å². The minimum Gasteiger partial charge on any atom is -0.258 e. The van der Waals surface area contributed by atoms with Crippen molar-refractivity contribution in [1.82, 2.24) is 4.98 Å². The molecule has 0 fully saturated rings. The van der Waals surface area contributed by atoms with Crippen molar-refractivity contribution in [3.05, 3.63) is 55.7 Å². The molecule has 0 spiro atoms. The molecule has 4 nitrogen and oxygen atoms in total. The second kappa shape index (κ2) is 4.93. The minimum absolute atomic E-state index is 0.0755. The first-order chi connectivity index (χ1) is 8.06. The van der Waals surface area contributed by atoms with Gasteiger partial charge < -0.3 is 0 Å². The Balaban J connectivity index is 2.52. The molecule has 17 heavy (non-hydrogen) atoms. The van der Waals surface area contributed by atoms with E-state index in [1.54, 1.807) is 6.07 Å². The van der Waals surface area contributed by atoms with Crippen molar-refractivity contribution in [2.24, 2.45) is 0 Å². The summed E-state index contributed by atoms with van der Waals surface area (Å²) < 4.78 is 1.35. The Morgan fingerprint density at radius 1 is 1.06 bits per heavy atom. The highest BCUT2D eigenvalue weighted by Crippen LogP contribution is 2.27. The summed E-state index contributed by atoms with van der Waals surface area (Å²) in [5, 5.41) is 10.7. The summed E-state index contributed by atoms with van der Waals surface area (Å²) >= 11 is 6.57. The Hall–Kier alpha value is -1.27. The van der Waals surface area contributed by atoms with Gasteiger partial charge >= 0.3 is 0 Å². The summed E-state index contributed by atoms with van der Waals surface area (Å²) in [4.78, 5) is 14.4. The van der Waals surface area contributed by atoms with Crippen LogP contribution >= 0.6 is 31.9 Å². The molecule has 0 aliphatic carbocycles. The zero-order chi connectivity index (χ0) is 12.4. The average molecular weight is 358 g/mol. The van der Waals surface area contributed by atoms with Crippen molar-refractivity contribution >= 4 is 37.5 Å². The first-order valence-corrected chi connectivity index (χ1v) is 6.23. The third-order valence-corrected chi connectivity index (χ3v) is 2.97. The summed E-state index contributed by atoms with van der Waals surface area (Å²) in [7, 11) is 0. The van der Waals surface area contributed by atoms with Crippen LogP contribution in [0.1, 0.15) is 0 Å². The van der Waals surface area contributed by atoms with E-state index >= 15 is 0 Å². The zero-order valence-electron chi connectivity index (χ0n) is 8.43. The van der Waals surface area contributed by atoms with Gasteiger partial charge in [-0.15, -0.1) is 0 Å². The number of non-ortho nitro benzene ring substituents is 1. The van der Waals surface area contributed by atoms with Gasteiger partial charge in [-0.2, -0.15) is 0 Å². The standard InChI is InChI=1S/C11H6Br2N2O2/c12-10-5-8(6-11(13)14-10)7-2-1-3-9(4-7)15(16)17/h1-6H. The molecule has 0 aliphatic rings. The van der Waals surface area contributed by atoms with Crippen molar-refractivity contribution in [3.8, 4) is 11.1 Å². The van der Waals surface area contributed by atoms with Crippen molar-refractivity contribution in [2.45, 2.75) is 0 Å². The van der Waals surface area contributed by atoms with E-state index in [2.05, 4.69) is 36.8 Å². The molecule has 0 N–H and O–H groups in total. The highest BCUT2D eigenvalue weighted by molar-refractivity contribution is 9.11. The maximum atomic E-state index is 10.7. The largest absolute Gasteiger partial charge is 0.270 e. The Morgan fingerprint density at radius 3 is 2.29 bits per heavy atom. The Morgan fingerprint density at radius 2 is 1.71 bits per heavy atom. The van der Waals surface area contributed by atoms with Crippen LogP contribution in [0.2, 0.25) is 0 Å². The Labute approximate surface area is 114 Å². The summed E-state index contributed by atoms with van der Waals surface area (Å²) in [5.41, 5.74) is 1.72. The third-order valence-electron chi connectivity index (χ3n) is 2.15. The summed E-state index contributed by atoms with van der Waals surface area (Å²) in [6, 6.07) is 10.1. The number of rotatable bonds is 2. The normalized spacial score (nSPS) is 10.2. The molecule has 2 aromatic rings. The zero-order valence-corrected chi connectivity index (χ0v) is 11.6. The molecule has 0 atom stereocenters. The molecule has 0 bridgehead atoms. The van der Waals surface area contributed by atoms with Crippen LogP contribution < -0.4 is 0 Å². The number of aromatic nitrogens is 1. The maximum Gasteiger partial charge on any atom is 0.270 e. The number of halogens is 2. The number of nitro groups is 1. The van der Waals surface area contributed by atoms with Gasteiger partial charge in [0.25, 0.3) is 5.69 Å². The van der Waals surface area contributed by atoms with Crippen LogP contribution in [-0.2, 0) is 0 Å². The average Bonchev–Trinajstić information content (AvgIpc) is 2.28. The molecule has 1 heterocycles. The van der Waals surface area contributed by atoms with Gasteiger partial charge in [0.05, 0.1) is 4.92 Å². The monoisotopic (exact) mass is 356 g/mol. The van der Waals surface area contributed by atoms with E-state index in [-0.39, 0.29) is 5.69 Å². The van der Waals surface area contributed by atoms with Gasteiger partial charge in [0.15, 0.2) is 0 Å². The molecular weight excluding hydrogens is 352 g/mol. The predicted molar refractivity (Wildman–Crippen MR) is 71.7 cm³/mol. The number of pyridine rings is 1. The third kappa shape index (κ3) is 2.89. The predicted octanol–water partition coefficient (Wildman–Crippen LogP) is 4.18. The Bertz CT molecular complexity index is 567. The fraction of sp³-hybridized carbons (Fsp3) is 0. The fourth-order valence-corrected chi connectivity index (χ4v) is 2.54. The lowest BCUT2D eigenvalue weighted by molar-refractivity contribution is -0.384. The van der Waals surface area contributed by atoms with Crippen LogP contribution in [0.5, 0.6) is 0 Å². The van der Waals surface area contributed by atoms with Crippen molar-refractivity contribution in [2.75, 3.05) is 0 Å². The minimum atomic E-state index is -0.408. The molecule has 6 heteroatoms. The van der Waals surface area contributed by atoms with Crippen LogP contribution in [0.3, 0.4) is 0 Å². The number of hydrogen-bond donors (Lipinski definition) is 0. The number of nitro benzene ring substituents is 1. The van der Waals surface area contributed by atoms with E-state index in [1.807, 2.05) is 18.2 Å². The van der Waals surface area contributed by atoms with E-state index < -0.39 is 4.92 Å². The molecule has 0 radical (unpaired) electrons. The summed E-state index contributed by atoms with van der Waals surface area (Å²) in [6.45, 7) is 0. The van der Waals surface area contributed by atoms with Gasteiger partial charge in [0, 0.05) is 12.1 Å². The Kier molecular flexibility index (Phi) is 3.54. The lowest BCUT2D eigenvalue weighted by Gasteiger charge is -2.03. The van der Waals surface area contributed by atoms with Gasteiger partial charge in [0.2, 0.25) is 0 Å². The van der Waals surface area contributed by atoms with Crippen LogP contribution in [0.4, 0.5) is 5.69 Å². The van der Waals surface area contributed by atoms with Gasteiger partial charge in [-0.1, -0.05) is 12.1 Å². The molecule has 2 rings (SSSR count). The van der Waals surface area contributed by atoms with E-state index in [0.29, 0.717) is 9.21 Å². The number of hydrogen-bond acceptors (Lipinski definition) is 3. The first-order valence-electron chi connectivity index (χ1n) is 4.64. The lowest BCUT2D eigenvalue weighted by Crippen LogP contribution is -1.88. The van der Waals surface area contributed by atoms with Gasteiger partial charge in [0.1, 0.15) is 9.21 Å². The maximum absolute atomic E-state index is 10.7. The molecule has 1 aromatic carbocycles. The molecular formula is C11H6Br2N2O2. The SMILES string of the molecule is O=[N+]([O-])c1cccc(-c2cc(Br)nc(Br)c2)c1. The quantitative estimate of drug-likeness (QED) is 0.460. The van der Waals surface area contributed by atoms with E-state index in [4.69, 9.17) is 0 Å². The van der Waals surface area contributed by atoms with Crippen molar-refractivity contribution in [1.29, 1.82) is 0 Å². The molecule has 0 aliphatic heterocycles. The van der Waals surface area contributed by atoms with Crippen LogP contribution in [0.25, 0.3) is 11.1 Å². The highest BCUT2D eigenvalue weighted by Gasteiger charge is 2.08. The highest BCUT2D eigenvalue weighted by atomic mass is 79.9. The van der Waals surface area contributed by atoms with Crippen molar-refractivity contribution in [3.63, 3.8) is 0 Å². The topological polar surface area (TPSA) is 56.0 Å². The van der Waals surface area contributed by atoms with Gasteiger partial charge in [-0.25, -0.2) is 4.98 Å². The van der Waals surface area contributed by atoms with E-state index in [0.717, 1.165) is 11.1 Å². The second-order valence-electron chi connectivity index (χ2n) is 3.31. The number of nitrogens with zero attached hydrogens (tertiary/aromatic N) is 2. The lowest BCUT2D eigenvalue weighted by atomic mass is 10.1. The molecule has 0 amide bonds. The molecule has 0 unspecified atom stereocenters. The first kappa shape index (κ1) is 12.2. The summed E-state index contributed by atoms with van der Waals surface area (Å²) in [5.74, 6) is 0. The fourth-order valence-electron chi connectivity index (χ4n) is 1.43. The molecule has 0 saturated carbocycles. The molecule has 1 aromatic heterocycles. The second-order valence-corrected chi connectivity index (χ2v) is 4.93. The van der Waals surface area contributed by atoms with Gasteiger partial charge in [-0.3, -0.25) is 10.1 Å².